The molecular weight excluding hydrogens is 352 g/mol. The third-order valence-electron chi connectivity index (χ3n) is 5.18. The van der Waals surface area contributed by atoms with Crippen molar-refractivity contribution in [1.29, 1.82) is 0 Å². The third kappa shape index (κ3) is 4.83. The van der Waals surface area contributed by atoms with Crippen LogP contribution < -0.4 is 4.74 Å². The first-order valence-electron chi connectivity index (χ1n) is 9.90. The number of hydrogen-bond acceptors (Lipinski definition) is 3. The van der Waals surface area contributed by atoms with Crippen LogP contribution in [0.1, 0.15) is 46.1 Å². The zero-order valence-corrected chi connectivity index (χ0v) is 17.2. The summed E-state index contributed by atoms with van der Waals surface area (Å²) in [6.45, 7) is 9.15. The molecule has 2 aromatic rings. The molecule has 0 radical (unpaired) electrons. The highest BCUT2D eigenvalue weighted by Gasteiger charge is 2.52. The summed E-state index contributed by atoms with van der Waals surface area (Å²) in [6, 6.07) is 10.4. The molecule has 1 aliphatic rings. The summed E-state index contributed by atoms with van der Waals surface area (Å²) in [5, 5.41) is 9.70. The van der Waals surface area contributed by atoms with Gasteiger partial charge in [0.05, 0.1) is 11.7 Å². The number of aryl methyl sites for hydroxylation is 1. The van der Waals surface area contributed by atoms with Crippen molar-refractivity contribution in [1.82, 2.24) is 9.88 Å². The largest absolute Gasteiger partial charge is 0.490 e. The lowest BCUT2D eigenvalue weighted by molar-refractivity contribution is 0.0719. The van der Waals surface area contributed by atoms with Crippen LogP contribution in [0.2, 0.25) is 0 Å². The van der Waals surface area contributed by atoms with Gasteiger partial charge in [0.25, 0.3) is 0 Å². The molecule has 0 spiro atoms. The number of pyridine rings is 1. The van der Waals surface area contributed by atoms with E-state index in [2.05, 4.69) is 56.9 Å². The van der Waals surface area contributed by atoms with E-state index in [1.165, 1.54) is 5.56 Å². The molecular formula is C23H30N2O3. The fraction of sp³-hybridized carbons (Fsp3) is 0.478. The highest BCUT2D eigenvalue weighted by atomic mass is 16.5. The minimum absolute atomic E-state index is 0.0971. The van der Waals surface area contributed by atoms with Crippen LogP contribution in [-0.2, 0) is 6.42 Å². The average Bonchev–Trinajstić information content (AvgIpc) is 3.45. The Morgan fingerprint density at radius 1 is 1.18 bits per heavy atom. The van der Waals surface area contributed by atoms with Gasteiger partial charge in [-0.3, -0.25) is 9.88 Å². The molecule has 1 aromatic carbocycles. The second-order valence-corrected chi connectivity index (χ2v) is 8.90. The van der Waals surface area contributed by atoms with Crippen molar-refractivity contribution < 1.29 is 14.6 Å². The summed E-state index contributed by atoms with van der Waals surface area (Å²) < 4.78 is 6.02. The molecule has 1 heterocycles. The number of nitrogens with zero attached hydrogens (tertiary/aromatic N) is 2. The van der Waals surface area contributed by atoms with Crippen LogP contribution in [0.5, 0.6) is 5.75 Å². The molecule has 1 aromatic heterocycles. The summed E-state index contributed by atoms with van der Waals surface area (Å²) in [4.78, 5) is 17.7. The molecule has 0 aliphatic heterocycles. The molecule has 1 N–H and O–H groups in total. The standard InChI is InChI=1S/C23H30N2O3/c1-5-17-6-8-18(9-7-17)19-12-20(14-24-13-19)28-16-23(10-11-23)25(21(26)27)15-22(2,3)4/h6-9,12-14H,5,10-11,15-16H2,1-4H3,(H,26,27). The van der Waals surface area contributed by atoms with Gasteiger partial charge in [0.2, 0.25) is 0 Å². The SMILES string of the molecule is CCc1ccc(-c2cncc(OCC3(N(CC(C)(C)C)C(=O)O)CC3)c2)cc1. The number of rotatable bonds is 7. The highest BCUT2D eigenvalue weighted by molar-refractivity contribution is 5.67. The molecule has 3 rings (SSSR count). The van der Waals surface area contributed by atoms with Crippen molar-refractivity contribution in [2.45, 2.75) is 52.5 Å². The summed E-state index contributed by atoms with van der Waals surface area (Å²) in [5.74, 6) is 0.671. The fourth-order valence-electron chi connectivity index (χ4n) is 3.36. The highest BCUT2D eigenvalue weighted by Crippen LogP contribution is 2.43. The van der Waals surface area contributed by atoms with E-state index >= 15 is 0 Å². The molecule has 5 heteroatoms. The van der Waals surface area contributed by atoms with Gasteiger partial charge < -0.3 is 9.84 Å². The van der Waals surface area contributed by atoms with E-state index in [0.717, 1.165) is 30.4 Å². The van der Waals surface area contributed by atoms with E-state index in [1.54, 1.807) is 11.1 Å². The number of amides is 1. The Labute approximate surface area is 167 Å². The number of hydrogen-bond donors (Lipinski definition) is 1. The quantitative estimate of drug-likeness (QED) is 0.710. The van der Waals surface area contributed by atoms with Gasteiger partial charge in [-0.15, -0.1) is 0 Å². The monoisotopic (exact) mass is 382 g/mol. The lowest BCUT2D eigenvalue weighted by Crippen LogP contribution is -2.48. The first kappa shape index (κ1) is 20.2. The maximum Gasteiger partial charge on any atom is 0.407 e. The second kappa shape index (κ2) is 7.82. The van der Waals surface area contributed by atoms with Gasteiger partial charge in [-0.05, 0) is 41.9 Å². The van der Waals surface area contributed by atoms with Crippen LogP contribution in [0.3, 0.4) is 0 Å². The lowest BCUT2D eigenvalue weighted by Gasteiger charge is -2.34. The Morgan fingerprint density at radius 3 is 2.39 bits per heavy atom. The molecule has 0 unspecified atom stereocenters. The van der Waals surface area contributed by atoms with E-state index in [-0.39, 0.29) is 5.41 Å². The van der Waals surface area contributed by atoms with Crippen molar-refractivity contribution >= 4 is 6.09 Å². The van der Waals surface area contributed by atoms with E-state index in [9.17, 15) is 9.90 Å². The zero-order chi connectivity index (χ0) is 20.4. The number of benzene rings is 1. The lowest BCUT2D eigenvalue weighted by atomic mass is 9.95. The molecule has 5 nitrogen and oxygen atoms in total. The summed E-state index contributed by atoms with van der Waals surface area (Å²) in [7, 11) is 0. The van der Waals surface area contributed by atoms with Crippen LogP contribution >= 0.6 is 0 Å². The van der Waals surface area contributed by atoms with E-state index in [4.69, 9.17) is 4.74 Å². The Bertz CT molecular complexity index is 820. The van der Waals surface area contributed by atoms with Crippen LogP contribution in [0.25, 0.3) is 11.1 Å². The molecule has 1 amide bonds. The minimum Gasteiger partial charge on any atom is -0.490 e. The summed E-state index contributed by atoms with van der Waals surface area (Å²) >= 11 is 0. The second-order valence-electron chi connectivity index (χ2n) is 8.90. The van der Waals surface area contributed by atoms with Crippen molar-refractivity contribution in [3.8, 4) is 16.9 Å². The molecule has 150 valence electrons. The summed E-state index contributed by atoms with van der Waals surface area (Å²) in [6.07, 6.45) is 5.32. The fourth-order valence-corrected chi connectivity index (χ4v) is 3.36. The van der Waals surface area contributed by atoms with Crippen LogP contribution in [0, 0.1) is 5.41 Å². The van der Waals surface area contributed by atoms with Gasteiger partial charge in [0.1, 0.15) is 12.4 Å². The molecule has 0 bridgehead atoms. The maximum absolute atomic E-state index is 11.8. The Morgan fingerprint density at radius 2 is 1.86 bits per heavy atom. The normalized spacial score (nSPS) is 15.1. The Balaban J connectivity index is 1.71. The molecule has 0 saturated heterocycles. The molecule has 1 fully saturated rings. The number of carbonyl (C=O) groups is 1. The Hall–Kier alpha value is -2.56. The van der Waals surface area contributed by atoms with Gasteiger partial charge in [0, 0.05) is 18.3 Å². The minimum atomic E-state index is -0.876. The Kier molecular flexibility index (Phi) is 5.64. The van der Waals surface area contributed by atoms with E-state index < -0.39 is 11.6 Å². The van der Waals surface area contributed by atoms with Crippen molar-refractivity contribution in [3.05, 3.63) is 48.3 Å². The molecule has 1 aliphatic carbocycles. The molecule has 0 atom stereocenters. The molecule has 1 saturated carbocycles. The predicted octanol–water partition coefficient (Wildman–Crippen LogP) is 5.25. The maximum atomic E-state index is 11.8. The summed E-state index contributed by atoms with van der Waals surface area (Å²) in [5.41, 5.74) is 2.87. The average molecular weight is 383 g/mol. The van der Waals surface area contributed by atoms with Crippen molar-refractivity contribution in [3.63, 3.8) is 0 Å². The smallest absolute Gasteiger partial charge is 0.407 e. The first-order valence-corrected chi connectivity index (χ1v) is 9.90. The predicted molar refractivity (Wildman–Crippen MR) is 111 cm³/mol. The first-order chi connectivity index (χ1) is 13.2. The van der Waals surface area contributed by atoms with Gasteiger partial charge in [-0.2, -0.15) is 0 Å². The van der Waals surface area contributed by atoms with Crippen LogP contribution in [0.15, 0.2) is 42.7 Å². The van der Waals surface area contributed by atoms with Gasteiger partial charge in [-0.1, -0.05) is 52.0 Å². The molecule has 28 heavy (non-hydrogen) atoms. The number of aromatic nitrogens is 1. The van der Waals surface area contributed by atoms with Gasteiger partial charge in [0.15, 0.2) is 0 Å². The van der Waals surface area contributed by atoms with Crippen molar-refractivity contribution in [2.75, 3.05) is 13.2 Å². The van der Waals surface area contributed by atoms with Crippen molar-refractivity contribution in [2.24, 2.45) is 5.41 Å². The number of ether oxygens (including phenoxy) is 1. The van der Waals surface area contributed by atoms with Gasteiger partial charge >= 0.3 is 6.09 Å². The van der Waals surface area contributed by atoms with E-state index in [0.29, 0.717) is 18.9 Å². The number of carboxylic acid groups (broad SMARTS) is 1. The van der Waals surface area contributed by atoms with Crippen LogP contribution in [-0.4, -0.2) is 39.8 Å². The third-order valence-corrected chi connectivity index (χ3v) is 5.18. The van der Waals surface area contributed by atoms with Gasteiger partial charge in [-0.25, -0.2) is 4.79 Å². The topological polar surface area (TPSA) is 62.7 Å². The zero-order valence-electron chi connectivity index (χ0n) is 17.2. The van der Waals surface area contributed by atoms with E-state index in [1.807, 2.05) is 12.3 Å². The van der Waals surface area contributed by atoms with Crippen LogP contribution in [0.4, 0.5) is 4.79 Å².